The van der Waals surface area contributed by atoms with Crippen molar-refractivity contribution in [3.63, 3.8) is 0 Å². The lowest BCUT2D eigenvalue weighted by atomic mass is 9.94. The highest BCUT2D eigenvalue weighted by Crippen LogP contribution is 2.40. The number of anilines is 2. The van der Waals surface area contributed by atoms with Crippen LogP contribution in [0.2, 0.25) is 5.02 Å². The van der Waals surface area contributed by atoms with Crippen molar-refractivity contribution in [2.75, 3.05) is 10.6 Å². The van der Waals surface area contributed by atoms with Crippen LogP contribution in [0.1, 0.15) is 24.1 Å². The Balaban J connectivity index is 1.66. The lowest BCUT2D eigenvalue weighted by Gasteiger charge is -2.30. The molecule has 2 heterocycles. The summed E-state index contributed by atoms with van der Waals surface area (Å²) in [4.78, 5) is 18.3. The van der Waals surface area contributed by atoms with Crippen molar-refractivity contribution >= 4 is 40.2 Å². The van der Waals surface area contributed by atoms with E-state index in [2.05, 4.69) is 15.2 Å². The summed E-state index contributed by atoms with van der Waals surface area (Å²) >= 11 is 6.33. The second kappa shape index (κ2) is 7.60. The number of amides is 1. The number of imidazole rings is 1. The molecule has 154 valence electrons. The first kappa shape index (κ1) is 19.4. The molecule has 0 bridgehead atoms. The first-order chi connectivity index (χ1) is 15.0. The number of rotatable bonds is 3. The Hall–Kier alpha value is -3.57. The van der Waals surface area contributed by atoms with E-state index in [1.807, 2.05) is 86.6 Å². The number of para-hydroxylation sites is 2. The van der Waals surface area contributed by atoms with Gasteiger partial charge in [-0.05, 0) is 55.8 Å². The second-order valence-corrected chi connectivity index (χ2v) is 8.17. The number of carbonyl (C=O) groups is 1. The molecular weight excluding hydrogens is 408 g/mol. The van der Waals surface area contributed by atoms with Gasteiger partial charge in [-0.1, -0.05) is 53.6 Å². The SMILES string of the molecule is CC1=C(C(=O)Nc2ccc(C)cc2)[C@H](c2cccc(Cl)c2)n2c(nc3ccccc32)N1. The van der Waals surface area contributed by atoms with Crippen molar-refractivity contribution in [2.24, 2.45) is 0 Å². The molecule has 0 spiro atoms. The highest BCUT2D eigenvalue weighted by molar-refractivity contribution is 6.30. The molecule has 0 unspecified atom stereocenters. The third kappa shape index (κ3) is 3.47. The fraction of sp³-hybridized carbons (Fsp3) is 0.120. The number of benzene rings is 3. The van der Waals surface area contributed by atoms with Crippen LogP contribution >= 0.6 is 11.6 Å². The zero-order valence-electron chi connectivity index (χ0n) is 17.2. The van der Waals surface area contributed by atoms with Crippen LogP contribution < -0.4 is 10.6 Å². The highest BCUT2D eigenvalue weighted by atomic mass is 35.5. The average Bonchev–Trinajstić information content (AvgIpc) is 3.12. The maximum Gasteiger partial charge on any atom is 0.255 e. The molecule has 0 aliphatic carbocycles. The number of nitrogens with zero attached hydrogens (tertiary/aromatic N) is 2. The summed E-state index contributed by atoms with van der Waals surface area (Å²) in [7, 11) is 0. The summed E-state index contributed by atoms with van der Waals surface area (Å²) in [5.74, 6) is 0.540. The second-order valence-electron chi connectivity index (χ2n) is 7.74. The number of fused-ring (bicyclic) bond motifs is 3. The Bertz CT molecular complexity index is 1340. The van der Waals surface area contributed by atoms with Gasteiger partial charge in [0.05, 0.1) is 22.6 Å². The molecule has 31 heavy (non-hydrogen) atoms. The summed E-state index contributed by atoms with van der Waals surface area (Å²) < 4.78 is 2.07. The molecule has 5 nitrogen and oxygen atoms in total. The van der Waals surface area contributed by atoms with E-state index in [0.717, 1.165) is 33.5 Å². The number of nitrogens with one attached hydrogen (secondary N) is 2. The smallest absolute Gasteiger partial charge is 0.255 e. The lowest BCUT2D eigenvalue weighted by Crippen LogP contribution is -2.30. The maximum atomic E-state index is 13.5. The van der Waals surface area contributed by atoms with Crippen LogP contribution in [0.25, 0.3) is 11.0 Å². The Morgan fingerprint density at radius 2 is 1.81 bits per heavy atom. The van der Waals surface area contributed by atoms with Crippen molar-refractivity contribution < 1.29 is 4.79 Å². The van der Waals surface area contributed by atoms with E-state index in [9.17, 15) is 4.79 Å². The lowest BCUT2D eigenvalue weighted by molar-refractivity contribution is -0.113. The van der Waals surface area contributed by atoms with Gasteiger partial charge in [0, 0.05) is 16.4 Å². The van der Waals surface area contributed by atoms with E-state index >= 15 is 0 Å². The van der Waals surface area contributed by atoms with Gasteiger partial charge >= 0.3 is 0 Å². The molecule has 0 fully saturated rings. The van der Waals surface area contributed by atoms with E-state index in [-0.39, 0.29) is 11.9 Å². The van der Waals surface area contributed by atoms with Crippen LogP contribution in [0.3, 0.4) is 0 Å². The van der Waals surface area contributed by atoms with Crippen LogP contribution in [0, 0.1) is 6.92 Å². The molecule has 5 rings (SSSR count). The number of hydrogen-bond donors (Lipinski definition) is 2. The Morgan fingerprint density at radius 3 is 2.58 bits per heavy atom. The van der Waals surface area contributed by atoms with Crippen LogP contribution in [-0.4, -0.2) is 15.5 Å². The summed E-state index contributed by atoms with van der Waals surface area (Å²) in [5, 5.41) is 7.00. The van der Waals surface area contributed by atoms with Gasteiger partial charge in [0.15, 0.2) is 0 Å². The molecule has 4 aromatic rings. The van der Waals surface area contributed by atoms with Crippen molar-refractivity contribution in [3.8, 4) is 0 Å². The average molecular weight is 429 g/mol. The van der Waals surface area contributed by atoms with Crippen LogP contribution in [-0.2, 0) is 4.79 Å². The van der Waals surface area contributed by atoms with Crippen LogP contribution in [0.15, 0.2) is 84.1 Å². The van der Waals surface area contributed by atoms with E-state index in [4.69, 9.17) is 16.6 Å². The fourth-order valence-corrected chi connectivity index (χ4v) is 4.28. The number of aromatic nitrogens is 2. The Morgan fingerprint density at radius 1 is 1.03 bits per heavy atom. The summed E-state index contributed by atoms with van der Waals surface area (Å²) in [5.41, 5.74) is 6.01. The Kier molecular flexibility index (Phi) is 4.75. The summed E-state index contributed by atoms with van der Waals surface area (Å²) in [6, 6.07) is 23.0. The number of aryl methyl sites for hydroxylation is 1. The molecule has 1 aliphatic rings. The molecule has 1 aliphatic heterocycles. The number of halogens is 1. The predicted octanol–water partition coefficient (Wildman–Crippen LogP) is 5.93. The van der Waals surface area contributed by atoms with Crippen molar-refractivity contribution in [2.45, 2.75) is 19.9 Å². The quantitative estimate of drug-likeness (QED) is 0.425. The number of hydrogen-bond acceptors (Lipinski definition) is 3. The first-order valence-electron chi connectivity index (χ1n) is 10.1. The normalized spacial score (nSPS) is 15.5. The van der Waals surface area contributed by atoms with Crippen LogP contribution in [0.5, 0.6) is 0 Å². The predicted molar refractivity (Wildman–Crippen MR) is 125 cm³/mol. The third-order valence-electron chi connectivity index (χ3n) is 5.55. The number of allylic oxidation sites excluding steroid dienone is 1. The van der Waals surface area contributed by atoms with Gasteiger partial charge in [0.2, 0.25) is 5.95 Å². The van der Waals surface area contributed by atoms with Gasteiger partial charge in [-0.15, -0.1) is 0 Å². The summed E-state index contributed by atoms with van der Waals surface area (Å²) in [6.07, 6.45) is 0. The highest BCUT2D eigenvalue weighted by Gasteiger charge is 2.34. The van der Waals surface area contributed by atoms with Gasteiger partial charge in [0.25, 0.3) is 5.91 Å². The first-order valence-corrected chi connectivity index (χ1v) is 10.5. The molecule has 0 saturated carbocycles. The summed E-state index contributed by atoms with van der Waals surface area (Å²) in [6.45, 7) is 3.93. The molecule has 0 saturated heterocycles. The fourth-order valence-electron chi connectivity index (χ4n) is 4.09. The molecule has 0 radical (unpaired) electrons. The topological polar surface area (TPSA) is 59.0 Å². The van der Waals surface area contributed by atoms with Crippen molar-refractivity contribution in [1.82, 2.24) is 9.55 Å². The monoisotopic (exact) mass is 428 g/mol. The minimum absolute atomic E-state index is 0.165. The number of carbonyl (C=O) groups excluding carboxylic acids is 1. The molecule has 2 N–H and O–H groups in total. The van der Waals surface area contributed by atoms with Crippen LogP contribution in [0.4, 0.5) is 11.6 Å². The Labute approximate surface area is 185 Å². The zero-order chi connectivity index (χ0) is 21.5. The minimum atomic E-state index is -0.368. The van der Waals surface area contributed by atoms with E-state index < -0.39 is 0 Å². The van der Waals surface area contributed by atoms with E-state index in [1.54, 1.807) is 0 Å². The molecule has 1 atom stereocenters. The molecule has 1 amide bonds. The molecule has 1 aromatic heterocycles. The van der Waals surface area contributed by atoms with Crippen molar-refractivity contribution in [3.05, 3.63) is 100 Å². The van der Waals surface area contributed by atoms with Gasteiger partial charge in [0.1, 0.15) is 0 Å². The van der Waals surface area contributed by atoms with Gasteiger partial charge < -0.3 is 10.6 Å². The maximum absolute atomic E-state index is 13.5. The standard InChI is InChI=1S/C25H21ClN4O/c1-15-10-12-19(13-11-15)28-24(31)22-16(2)27-25-29-20-8-3-4-9-21(20)30(25)23(22)17-6-5-7-18(26)14-17/h3-14,23H,1-2H3,(H,27,29)(H,28,31)/t23-/m0/s1. The third-order valence-corrected chi connectivity index (χ3v) is 5.78. The van der Waals surface area contributed by atoms with E-state index in [1.165, 1.54) is 0 Å². The molecular formula is C25H21ClN4O. The molecule has 6 heteroatoms. The van der Waals surface area contributed by atoms with Gasteiger partial charge in [-0.3, -0.25) is 9.36 Å². The zero-order valence-corrected chi connectivity index (χ0v) is 17.9. The van der Waals surface area contributed by atoms with Crippen molar-refractivity contribution in [1.29, 1.82) is 0 Å². The molecule has 3 aromatic carbocycles. The van der Waals surface area contributed by atoms with Gasteiger partial charge in [-0.25, -0.2) is 4.98 Å². The van der Waals surface area contributed by atoms with Gasteiger partial charge in [-0.2, -0.15) is 0 Å². The largest absolute Gasteiger partial charge is 0.329 e. The minimum Gasteiger partial charge on any atom is -0.329 e. The van der Waals surface area contributed by atoms with E-state index in [0.29, 0.717) is 16.5 Å².